The summed E-state index contributed by atoms with van der Waals surface area (Å²) in [5.41, 5.74) is 0.611. The molecule has 1 heterocycles. The number of carbonyl (C=O) groups is 2. The molecule has 0 spiro atoms. The lowest BCUT2D eigenvalue weighted by atomic mass is 10.1. The summed E-state index contributed by atoms with van der Waals surface area (Å²) >= 11 is 0. The van der Waals surface area contributed by atoms with Gasteiger partial charge in [-0.25, -0.2) is 8.42 Å². The molecule has 1 aromatic rings. The molecule has 1 aliphatic heterocycles. The van der Waals surface area contributed by atoms with Crippen molar-refractivity contribution in [3.8, 4) is 5.75 Å². The van der Waals surface area contributed by atoms with Gasteiger partial charge < -0.3 is 9.64 Å². The molecule has 7 heteroatoms. The zero-order valence-electron chi connectivity index (χ0n) is 13.3. The molecule has 1 saturated heterocycles. The van der Waals surface area contributed by atoms with Crippen LogP contribution in [0.5, 0.6) is 5.75 Å². The highest BCUT2D eigenvalue weighted by molar-refractivity contribution is 7.91. The molecule has 0 aliphatic carbocycles. The number of sulfone groups is 1. The molecule has 2 rings (SSSR count). The Morgan fingerprint density at radius 1 is 1.26 bits per heavy atom. The molecule has 126 valence electrons. The fourth-order valence-corrected chi connectivity index (χ4v) is 4.25. The molecule has 1 aliphatic rings. The second-order valence-electron chi connectivity index (χ2n) is 5.65. The molecule has 23 heavy (non-hydrogen) atoms. The van der Waals surface area contributed by atoms with Gasteiger partial charge in [0.15, 0.2) is 22.2 Å². The smallest absolute Gasteiger partial charge is 0.260 e. The quantitative estimate of drug-likeness (QED) is 0.730. The third-order valence-electron chi connectivity index (χ3n) is 4.01. The molecule has 1 fully saturated rings. The van der Waals surface area contributed by atoms with Crippen molar-refractivity contribution in [2.24, 2.45) is 0 Å². The predicted molar refractivity (Wildman–Crippen MR) is 86.4 cm³/mol. The van der Waals surface area contributed by atoms with Gasteiger partial charge in [0.2, 0.25) is 0 Å². The minimum atomic E-state index is -3.02. The van der Waals surface area contributed by atoms with Gasteiger partial charge in [-0.1, -0.05) is 6.92 Å². The lowest BCUT2D eigenvalue weighted by Crippen LogP contribution is -2.40. The Morgan fingerprint density at radius 3 is 2.43 bits per heavy atom. The molecule has 6 nitrogen and oxygen atoms in total. The van der Waals surface area contributed by atoms with E-state index in [1.165, 1.54) is 4.90 Å². The maximum atomic E-state index is 12.1. The number of Topliss-reactive ketones (excluding diaryl/α,β-unsaturated/α-hetero) is 1. The average molecular weight is 339 g/mol. The fraction of sp³-hybridized carbons (Fsp3) is 0.500. The summed E-state index contributed by atoms with van der Waals surface area (Å²) < 4.78 is 28.3. The van der Waals surface area contributed by atoms with Gasteiger partial charge in [-0.05, 0) is 30.7 Å². The van der Waals surface area contributed by atoms with Crippen molar-refractivity contribution in [3.63, 3.8) is 0 Å². The second-order valence-corrected chi connectivity index (χ2v) is 7.88. The van der Waals surface area contributed by atoms with Crippen LogP contribution in [0, 0.1) is 0 Å². The van der Waals surface area contributed by atoms with Crippen molar-refractivity contribution in [3.05, 3.63) is 29.8 Å². The Hall–Kier alpha value is -1.89. The maximum Gasteiger partial charge on any atom is 0.260 e. The Balaban J connectivity index is 1.88. The van der Waals surface area contributed by atoms with E-state index in [1.54, 1.807) is 38.2 Å². The third-order valence-corrected chi connectivity index (χ3v) is 5.76. The van der Waals surface area contributed by atoms with Crippen molar-refractivity contribution in [2.75, 3.05) is 25.2 Å². The van der Waals surface area contributed by atoms with Crippen LogP contribution in [0.25, 0.3) is 0 Å². The van der Waals surface area contributed by atoms with Gasteiger partial charge >= 0.3 is 0 Å². The molecule has 0 radical (unpaired) electrons. The van der Waals surface area contributed by atoms with Crippen molar-refractivity contribution < 1.29 is 22.7 Å². The largest absolute Gasteiger partial charge is 0.484 e. The second kappa shape index (κ2) is 7.12. The first-order valence-corrected chi connectivity index (χ1v) is 9.36. The molecule has 1 amide bonds. The molecule has 1 unspecified atom stereocenters. The first-order chi connectivity index (χ1) is 10.8. The lowest BCUT2D eigenvalue weighted by Gasteiger charge is -2.23. The average Bonchev–Trinajstić information content (AvgIpc) is 2.91. The van der Waals surface area contributed by atoms with Gasteiger partial charge in [-0.3, -0.25) is 9.59 Å². The number of ketones is 1. The van der Waals surface area contributed by atoms with Crippen molar-refractivity contribution in [1.82, 2.24) is 4.90 Å². The highest BCUT2D eigenvalue weighted by atomic mass is 32.2. The molecule has 0 bridgehead atoms. The predicted octanol–water partition coefficient (Wildman–Crippen LogP) is 1.30. The van der Waals surface area contributed by atoms with Gasteiger partial charge in [-0.2, -0.15) is 0 Å². The number of amides is 1. The van der Waals surface area contributed by atoms with Crippen LogP contribution in [-0.2, 0) is 14.6 Å². The molecule has 1 atom stereocenters. The standard InChI is InChI=1S/C16H21NO5S/c1-3-15(18)12-4-6-14(7-5-12)22-10-16(19)17(2)13-8-9-23(20,21)11-13/h4-7,13H,3,8-11H2,1-2H3. The van der Waals surface area contributed by atoms with Gasteiger partial charge in [0.05, 0.1) is 11.5 Å². The molecular weight excluding hydrogens is 318 g/mol. The zero-order valence-corrected chi connectivity index (χ0v) is 14.1. The molecular formula is C16H21NO5S. The van der Waals surface area contributed by atoms with Crippen LogP contribution in [0.1, 0.15) is 30.1 Å². The van der Waals surface area contributed by atoms with E-state index in [9.17, 15) is 18.0 Å². The van der Waals surface area contributed by atoms with Crippen LogP contribution >= 0.6 is 0 Å². The van der Waals surface area contributed by atoms with E-state index in [-0.39, 0.29) is 35.8 Å². The van der Waals surface area contributed by atoms with Crippen molar-refractivity contribution in [2.45, 2.75) is 25.8 Å². The van der Waals surface area contributed by atoms with Crippen LogP contribution in [0.2, 0.25) is 0 Å². The molecule has 0 N–H and O–H groups in total. The van der Waals surface area contributed by atoms with E-state index in [0.717, 1.165) is 0 Å². The number of carbonyl (C=O) groups excluding carboxylic acids is 2. The Labute approximate surface area is 136 Å². The van der Waals surface area contributed by atoms with Crippen LogP contribution < -0.4 is 4.74 Å². The van der Waals surface area contributed by atoms with Gasteiger partial charge in [0.25, 0.3) is 5.91 Å². The first-order valence-electron chi connectivity index (χ1n) is 7.54. The van der Waals surface area contributed by atoms with E-state index in [1.807, 2.05) is 0 Å². The van der Waals surface area contributed by atoms with E-state index in [4.69, 9.17) is 4.74 Å². The normalized spacial score (nSPS) is 19.3. The Kier molecular flexibility index (Phi) is 5.41. The highest BCUT2D eigenvalue weighted by Gasteiger charge is 2.32. The van der Waals surface area contributed by atoms with Crippen molar-refractivity contribution in [1.29, 1.82) is 0 Å². The number of rotatable bonds is 6. The summed E-state index contributed by atoms with van der Waals surface area (Å²) in [6, 6.07) is 6.35. The molecule has 0 aromatic heterocycles. The van der Waals surface area contributed by atoms with Crippen LogP contribution in [0.4, 0.5) is 0 Å². The zero-order chi connectivity index (χ0) is 17.0. The third kappa shape index (κ3) is 4.54. The molecule has 1 aromatic carbocycles. The number of benzene rings is 1. The summed E-state index contributed by atoms with van der Waals surface area (Å²) in [5.74, 6) is 0.431. The van der Waals surface area contributed by atoms with Crippen LogP contribution in [-0.4, -0.2) is 56.2 Å². The number of hydrogen-bond acceptors (Lipinski definition) is 5. The van der Waals surface area contributed by atoms with Crippen LogP contribution in [0.3, 0.4) is 0 Å². The maximum absolute atomic E-state index is 12.1. The minimum Gasteiger partial charge on any atom is -0.484 e. The van der Waals surface area contributed by atoms with Gasteiger partial charge in [0.1, 0.15) is 5.75 Å². The van der Waals surface area contributed by atoms with E-state index in [0.29, 0.717) is 24.2 Å². The SMILES string of the molecule is CCC(=O)c1ccc(OCC(=O)N(C)C2CCS(=O)(=O)C2)cc1. The van der Waals surface area contributed by atoms with Gasteiger partial charge in [0, 0.05) is 25.1 Å². The Morgan fingerprint density at radius 2 is 1.91 bits per heavy atom. The minimum absolute atomic E-state index is 0.0169. The summed E-state index contributed by atoms with van der Waals surface area (Å²) in [7, 11) is -1.43. The summed E-state index contributed by atoms with van der Waals surface area (Å²) in [6.45, 7) is 1.64. The van der Waals surface area contributed by atoms with Gasteiger partial charge in [-0.15, -0.1) is 0 Å². The number of likely N-dealkylation sites (N-methyl/N-ethyl adjacent to an activating group) is 1. The topological polar surface area (TPSA) is 80.8 Å². The number of nitrogens with zero attached hydrogens (tertiary/aromatic N) is 1. The lowest BCUT2D eigenvalue weighted by molar-refractivity contribution is -0.133. The highest BCUT2D eigenvalue weighted by Crippen LogP contribution is 2.17. The van der Waals surface area contributed by atoms with E-state index >= 15 is 0 Å². The fourth-order valence-electron chi connectivity index (χ4n) is 2.47. The summed E-state index contributed by atoms with van der Waals surface area (Å²) in [4.78, 5) is 25.1. The van der Waals surface area contributed by atoms with Crippen LogP contribution in [0.15, 0.2) is 24.3 Å². The number of hydrogen-bond donors (Lipinski definition) is 0. The van der Waals surface area contributed by atoms with Crippen molar-refractivity contribution >= 4 is 21.5 Å². The first kappa shape index (κ1) is 17.5. The molecule has 0 saturated carbocycles. The summed E-state index contributed by atoms with van der Waals surface area (Å²) in [5, 5.41) is 0. The number of ether oxygens (including phenoxy) is 1. The Bertz CT molecular complexity index is 681. The monoisotopic (exact) mass is 339 g/mol. The summed E-state index contributed by atoms with van der Waals surface area (Å²) in [6.07, 6.45) is 0.909. The van der Waals surface area contributed by atoms with E-state index in [2.05, 4.69) is 0 Å². The van der Waals surface area contributed by atoms with E-state index < -0.39 is 9.84 Å².